The van der Waals surface area contributed by atoms with E-state index in [4.69, 9.17) is 4.42 Å². The first-order chi connectivity index (χ1) is 9.73. The van der Waals surface area contributed by atoms with Crippen molar-refractivity contribution in [3.05, 3.63) is 36.1 Å². The van der Waals surface area contributed by atoms with E-state index in [1.54, 1.807) is 0 Å². The molecule has 1 unspecified atom stereocenters. The topological polar surface area (TPSA) is 25.2 Å². The number of hydrogen-bond donors (Lipinski definition) is 1. The Morgan fingerprint density at radius 3 is 2.65 bits per heavy atom. The van der Waals surface area contributed by atoms with Crippen LogP contribution in [0, 0.1) is 5.41 Å². The summed E-state index contributed by atoms with van der Waals surface area (Å²) in [5, 5.41) is 4.89. The molecule has 0 saturated heterocycles. The van der Waals surface area contributed by atoms with E-state index in [0.717, 1.165) is 17.9 Å². The second-order valence-corrected chi connectivity index (χ2v) is 6.39. The first-order valence-corrected chi connectivity index (χ1v) is 7.95. The molecule has 1 fully saturated rings. The molecule has 0 bridgehead atoms. The molecule has 0 amide bonds. The van der Waals surface area contributed by atoms with Crippen LogP contribution in [0.15, 0.2) is 34.7 Å². The zero-order chi connectivity index (χ0) is 14.0. The van der Waals surface area contributed by atoms with Crippen molar-refractivity contribution in [2.24, 2.45) is 5.41 Å². The Labute approximate surface area is 121 Å². The molecule has 2 aromatic rings. The molecule has 1 saturated carbocycles. The molecule has 20 heavy (non-hydrogen) atoms. The summed E-state index contributed by atoms with van der Waals surface area (Å²) in [4.78, 5) is 0. The molecule has 2 nitrogen and oxygen atoms in total. The first kappa shape index (κ1) is 13.7. The van der Waals surface area contributed by atoms with E-state index in [2.05, 4.69) is 43.4 Å². The molecular weight excluding hydrogens is 246 g/mol. The highest BCUT2D eigenvalue weighted by molar-refractivity contribution is 5.77. The molecule has 0 aliphatic heterocycles. The Morgan fingerprint density at radius 1 is 1.20 bits per heavy atom. The number of para-hydroxylation sites is 1. The summed E-state index contributed by atoms with van der Waals surface area (Å²) >= 11 is 0. The monoisotopic (exact) mass is 271 g/mol. The number of benzene rings is 1. The second-order valence-electron chi connectivity index (χ2n) is 6.39. The van der Waals surface area contributed by atoms with E-state index in [1.165, 1.54) is 37.5 Å². The summed E-state index contributed by atoms with van der Waals surface area (Å²) in [5.41, 5.74) is 1.33. The number of furan rings is 1. The highest BCUT2D eigenvalue weighted by Gasteiger charge is 2.37. The lowest BCUT2D eigenvalue weighted by Gasteiger charge is -2.40. The molecule has 1 atom stereocenters. The number of fused-ring (bicyclic) bond motifs is 1. The van der Waals surface area contributed by atoms with Gasteiger partial charge in [0, 0.05) is 5.39 Å². The maximum atomic E-state index is 6.14. The molecule has 1 aromatic carbocycles. The van der Waals surface area contributed by atoms with Crippen LogP contribution in [-0.2, 0) is 0 Å². The standard InChI is InChI=1S/C18H25NO/c1-3-19-17(18(2)11-7-4-8-12-18)16-13-14-9-5-6-10-15(14)20-16/h5-6,9-10,13,17,19H,3-4,7-8,11-12H2,1-2H3. The minimum Gasteiger partial charge on any atom is -0.459 e. The fourth-order valence-corrected chi connectivity index (χ4v) is 3.69. The summed E-state index contributed by atoms with van der Waals surface area (Å²) in [6.07, 6.45) is 6.66. The predicted octanol–water partition coefficient (Wildman–Crippen LogP) is 5.05. The van der Waals surface area contributed by atoms with Crippen molar-refractivity contribution in [1.82, 2.24) is 5.32 Å². The van der Waals surface area contributed by atoms with Crippen LogP contribution >= 0.6 is 0 Å². The van der Waals surface area contributed by atoms with Gasteiger partial charge in [-0.3, -0.25) is 0 Å². The molecule has 1 aliphatic carbocycles. The number of rotatable bonds is 4. The number of nitrogens with one attached hydrogen (secondary N) is 1. The SMILES string of the molecule is CCNC(c1cc2ccccc2o1)C1(C)CCCCC1. The maximum absolute atomic E-state index is 6.14. The Bertz CT molecular complexity index is 533. The third-order valence-corrected chi connectivity index (χ3v) is 4.83. The lowest BCUT2D eigenvalue weighted by molar-refractivity contribution is 0.131. The van der Waals surface area contributed by atoms with Gasteiger partial charge < -0.3 is 9.73 Å². The molecule has 2 heteroatoms. The summed E-state index contributed by atoms with van der Waals surface area (Å²) in [6.45, 7) is 5.59. The van der Waals surface area contributed by atoms with E-state index in [-0.39, 0.29) is 0 Å². The van der Waals surface area contributed by atoms with Gasteiger partial charge in [-0.05, 0) is 36.9 Å². The van der Waals surface area contributed by atoms with Crippen LogP contribution in [0.1, 0.15) is 57.8 Å². The van der Waals surface area contributed by atoms with E-state index in [9.17, 15) is 0 Å². The van der Waals surface area contributed by atoms with Crippen molar-refractivity contribution >= 4 is 11.0 Å². The minimum absolute atomic E-state index is 0.322. The summed E-state index contributed by atoms with van der Waals surface area (Å²) in [7, 11) is 0. The third-order valence-electron chi connectivity index (χ3n) is 4.83. The molecule has 1 aliphatic rings. The average Bonchev–Trinajstić information content (AvgIpc) is 2.88. The zero-order valence-electron chi connectivity index (χ0n) is 12.6. The van der Waals surface area contributed by atoms with Gasteiger partial charge in [0.05, 0.1) is 6.04 Å². The molecule has 1 heterocycles. The van der Waals surface area contributed by atoms with Gasteiger partial charge in [-0.25, -0.2) is 0 Å². The van der Waals surface area contributed by atoms with E-state index < -0.39 is 0 Å². The van der Waals surface area contributed by atoms with E-state index >= 15 is 0 Å². The fraction of sp³-hybridized carbons (Fsp3) is 0.556. The van der Waals surface area contributed by atoms with Crippen LogP contribution in [0.2, 0.25) is 0 Å². The van der Waals surface area contributed by atoms with Crippen molar-refractivity contribution in [3.63, 3.8) is 0 Å². The highest BCUT2D eigenvalue weighted by Crippen LogP contribution is 2.46. The maximum Gasteiger partial charge on any atom is 0.134 e. The van der Waals surface area contributed by atoms with Crippen LogP contribution < -0.4 is 5.32 Å². The Morgan fingerprint density at radius 2 is 1.95 bits per heavy atom. The van der Waals surface area contributed by atoms with Crippen LogP contribution in [0.4, 0.5) is 0 Å². The molecule has 0 radical (unpaired) electrons. The third kappa shape index (κ3) is 2.49. The fourth-order valence-electron chi connectivity index (χ4n) is 3.69. The smallest absolute Gasteiger partial charge is 0.134 e. The van der Waals surface area contributed by atoms with Crippen molar-refractivity contribution in [1.29, 1.82) is 0 Å². The van der Waals surface area contributed by atoms with Crippen molar-refractivity contribution in [2.45, 2.75) is 52.0 Å². The summed E-state index contributed by atoms with van der Waals surface area (Å²) in [6, 6.07) is 10.9. The van der Waals surface area contributed by atoms with Gasteiger partial charge in [0.2, 0.25) is 0 Å². The quantitative estimate of drug-likeness (QED) is 0.841. The number of hydrogen-bond acceptors (Lipinski definition) is 2. The molecular formula is C18H25NO. The molecule has 0 spiro atoms. The van der Waals surface area contributed by atoms with Gasteiger partial charge in [-0.1, -0.05) is 51.3 Å². The minimum atomic E-state index is 0.322. The summed E-state index contributed by atoms with van der Waals surface area (Å²) in [5.74, 6) is 1.11. The van der Waals surface area contributed by atoms with Gasteiger partial charge in [-0.15, -0.1) is 0 Å². The molecule has 1 N–H and O–H groups in total. The van der Waals surface area contributed by atoms with Crippen LogP contribution in [0.3, 0.4) is 0 Å². The largest absolute Gasteiger partial charge is 0.459 e. The van der Waals surface area contributed by atoms with Gasteiger partial charge in [0.1, 0.15) is 11.3 Å². The van der Waals surface area contributed by atoms with Crippen LogP contribution in [0.5, 0.6) is 0 Å². The van der Waals surface area contributed by atoms with Gasteiger partial charge in [0.25, 0.3) is 0 Å². The Balaban J connectivity index is 1.96. The first-order valence-electron chi connectivity index (χ1n) is 7.95. The normalized spacial score (nSPS) is 20.1. The van der Waals surface area contributed by atoms with Gasteiger partial charge >= 0.3 is 0 Å². The van der Waals surface area contributed by atoms with E-state index in [1.807, 2.05) is 6.07 Å². The van der Waals surface area contributed by atoms with Gasteiger partial charge in [0.15, 0.2) is 0 Å². The van der Waals surface area contributed by atoms with Crippen molar-refractivity contribution < 1.29 is 4.42 Å². The lowest BCUT2D eigenvalue weighted by atomic mass is 9.70. The highest BCUT2D eigenvalue weighted by atomic mass is 16.3. The Kier molecular flexibility index (Phi) is 3.84. The molecule has 3 rings (SSSR count). The molecule has 108 valence electrons. The van der Waals surface area contributed by atoms with Crippen molar-refractivity contribution in [3.8, 4) is 0 Å². The van der Waals surface area contributed by atoms with E-state index in [0.29, 0.717) is 11.5 Å². The Hall–Kier alpha value is -1.28. The van der Waals surface area contributed by atoms with Crippen molar-refractivity contribution in [2.75, 3.05) is 6.54 Å². The summed E-state index contributed by atoms with van der Waals surface area (Å²) < 4.78 is 6.14. The molecule has 1 aromatic heterocycles. The van der Waals surface area contributed by atoms with Crippen LogP contribution in [0.25, 0.3) is 11.0 Å². The second kappa shape index (κ2) is 5.61. The predicted molar refractivity (Wildman–Crippen MR) is 83.8 cm³/mol. The zero-order valence-corrected chi connectivity index (χ0v) is 12.6. The lowest BCUT2D eigenvalue weighted by Crippen LogP contribution is -2.37. The average molecular weight is 271 g/mol. The van der Waals surface area contributed by atoms with Crippen LogP contribution in [-0.4, -0.2) is 6.54 Å². The van der Waals surface area contributed by atoms with Gasteiger partial charge in [-0.2, -0.15) is 0 Å².